The lowest BCUT2D eigenvalue weighted by Gasteiger charge is -2.34. The fourth-order valence-electron chi connectivity index (χ4n) is 2.11. The topological polar surface area (TPSA) is 76.4 Å². The maximum absolute atomic E-state index is 12.0. The smallest absolute Gasteiger partial charge is 0.319 e. The number of urea groups is 1. The van der Waals surface area contributed by atoms with Crippen LogP contribution in [0.25, 0.3) is 0 Å². The fraction of sp³-hybridized carbons (Fsp3) is 0.500. The van der Waals surface area contributed by atoms with E-state index in [-0.39, 0.29) is 11.6 Å². The Morgan fingerprint density at radius 2 is 1.95 bits per heavy atom. The zero-order valence-corrected chi connectivity index (χ0v) is 11.2. The Morgan fingerprint density at radius 1 is 1.32 bits per heavy atom. The van der Waals surface area contributed by atoms with E-state index in [2.05, 4.69) is 10.6 Å². The SMILES string of the molecule is CC1(NC(=O)Nc2ccc(CN)cc2)CCOCC1. The summed E-state index contributed by atoms with van der Waals surface area (Å²) in [6, 6.07) is 7.35. The lowest BCUT2D eigenvalue weighted by Crippen LogP contribution is -2.51. The van der Waals surface area contributed by atoms with Crippen LogP contribution in [-0.2, 0) is 11.3 Å². The summed E-state index contributed by atoms with van der Waals surface area (Å²) in [7, 11) is 0. The number of hydrogen-bond acceptors (Lipinski definition) is 3. The van der Waals surface area contributed by atoms with Gasteiger partial charge in [-0.2, -0.15) is 0 Å². The van der Waals surface area contributed by atoms with E-state index in [1.54, 1.807) is 0 Å². The van der Waals surface area contributed by atoms with Gasteiger partial charge in [0, 0.05) is 31.0 Å². The number of carbonyl (C=O) groups excluding carboxylic acids is 1. The van der Waals surface area contributed by atoms with Crippen LogP contribution in [0.15, 0.2) is 24.3 Å². The van der Waals surface area contributed by atoms with Crippen molar-refractivity contribution in [3.8, 4) is 0 Å². The molecule has 0 aliphatic carbocycles. The van der Waals surface area contributed by atoms with Crippen molar-refractivity contribution >= 4 is 11.7 Å². The van der Waals surface area contributed by atoms with Crippen molar-refractivity contribution in [1.29, 1.82) is 0 Å². The number of amides is 2. The number of hydrogen-bond donors (Lipinski definition) is 3. The van der Waals surface area contributed by atoms with Crippen molar-refractivity contribution in [3.63, 3.8) is 0 Å². The maximum atomic E-state index is 12.0. The van der Waals surface area contributed by atoms with Gasteiger partial charge in [-0.3, -0.25) is 0 Å². The first kappa shape index (κ1) is 13.8. The molecule has 1 aromatic carbocycles. The third kappa shape index (κ3) is 3.94. The van der Waals surface area contributed by atoms with Crippen molar-refractivity contribution < 1.29 is 9.53 Å². The van der Waals surface area contributed by atoms with Crippen LogP contribution >= 0.6 is 0 Å². The maximum Gasteiger partial charge on any atom is 0.319 e. The Hall–Kier alpha value is -1.59. The highest BCUT2D eigenvalue weighted by atomic mass is 16.5. The Morgan fingerprint density at radius 3 is 2.53 bits per heavy atom. The minimum atomic E-state index is -0.181. The van der Waals surface area contributed by atoms with Crippen LogP contribution in [0.5, 0.6) is 0 Å². The van der Waals surface area contributed by atoms with Crippen LogP contribution in [0, 0.1) is 0 Å². The number of ether oxygens (including phenoxy) is 1. The Labute approximate surface area is 113 Å². The Bertz CT molecular complexity index is 425. The number of nitrogens with two attached hydrogens (primary N) is 1. The van der Waals surface area contributed by atoms with Crippen LogP contribution < -0.4 is 16.4 Å². The highest BCUT2D eigenvalue weighted by molar-refractivity contribution is 5.89. The van der Waals surface area contributed by atoms with Crippen molar-refractivity contribution in [2.75, 3.05) is 18.5 Å². The summed E-state index contributed by atoms with van der Waals surface area (Å²) in [6.07, 6.45) is 1.68. The zero-order chi connectivity index (χ0) is 13.7. The molecule has 0 atom stereocenters. The average molecular weight is 263 g/mol. The van der Waals surface area contributed by atoms with Gasteiger partial charge in [-0.15, -0.1) is 0 Å². The number of carbonyl (C=O) groups is 1. The molecule has 1 aromatic rings. The first-order chi connectivity index (χ1) is 9.11. The molecule has 19 heavy (non-hydrogen) atoms. The van der Waals surface area contributed by atoms with Crippen molar-refractivity contribution in [3.05, 3.63) is 29.8 Å². The normalized spacial score (nSPS) is 17.8. The molecule has 1 heterocycles. The summed E-state index contributed by atoms with van der Waals surface area (Å²) in [6.45, 7) is 3.95. The van der Waals surface area contributed by atoms with Gasteiger partial charge in [0.25, 0.3) is 0 Å². The first-order valence-corrected chi connectivity index (χ1v) is 6.57. The van der Waals surface area contributed by atoms with E-state index < -0.39 is 0 Å². The second-order valence-corrected chi connectivity index (χ2v) is 5.15. The molecule has 0 bridgehead atoms. The van der Waals surface area contributed by atoms with E-state index in [0.717, 1.165) is 24.1 Å². The van der Waals surface area contributed by atoms with Gasteiger partial charge in [-0.1, -0.05) is 12.1 Å². The van der Waals surface area contributed by atoms with Crippen LogP contribution in [0.2, 0.25) is 0 Å². The molecule has 0 radical (unpaired) electrons. The van der Waals surface area contributed by atoms with E-state index >= 15 is 0 Å². The van der Waals surface area contributed by atoms with Crippen molar-refractivity contribution in [2.45, 2.75) is 31.8 Å². The molecule has 2 amide bonds. The van der Waals surface area contributed by atoms with Gasteiger partial charge in [0.15, 0.2) is 0 Å². The largest absolute Gasteiger partial charge is 0.381 e. The number of benzene rings is 1. The van der Waals surface area contributed by atoms with Crippen molar-refractivity contribution in [2.24, 2.45) is 5.73 Å². The lowest BCUT2D eigenvalue weighted by atomic mass is 9.93. The molecule has 104 valence electrons. The molecule has 1 saturated heterocycles. The molecule has 0 spiro atoms. The summed E-state index contributed by atoms with van der Waals surface area (Å²) in [5.41, 5.74) is 7.16. The third-order valence-electron chi connectivity index (χ3n) is 3.46. The predicted octanol–water partition coefficient (Wildman–Crippen LogP) is 1.84. The van der Waals surface area contributed by atoms with Crippen LogP contribution in [0.4, 0.5) is 10.5 Å². The second kappa shape index (κ2) is 6.04. The summed E-state index contributed by atoms with van der Waals surface area (Å²) in [5, 5.41) is 5.85. The highest BCUT2D eigenvalue weighted by Gasteiger charge is 2.28. The van der Waals surface area contributed by atoms with Gasteiger partial charge < -0.3 is 21.1 Å². The molecule has 0 unspecified atom stereocenters. The van der Waals surface area contributed by atoms with E-state index in [9.17, 15) is 4.79 Å². The highest BCUT2D eigenvalue weighted by Crippen LogP contribution is 2.20. The Kier molecular flexibility index (Phi) is 4.39. The first-order valence-electron chi connectivity index (χ1n) is 6.57. The van der Waals surface area contributed by atoms with Crippen LogP contribution in [0.1, 0.15) is 25.3 Å². The Balaban J connectivity index is 1.89. The van der Waals surface area contributed by atoms with Crippen molar-refractivity contribution in [1.82, 2.24) is 5.32 Å². The molecule has 0 saturated carbocycles. The lowest BCUT2D eigenvalue weighted by molar-refractivity contribution is 0.0500. The molecule has 0 aromatic heterocycles. The number of anilines is 1. The number of rotatable bonds is 3. The molecule has 1 aliphatic rings. The quantitative estimate of drug-likeness (QED) is 0.778. The van der Waals surface area contributed by atoms with Gasteiger partial charge in [0.2, 0.25) is 0 Å². The predicted molar refractivity (Wildman–Crippen MR) is 74.9 cm³/mol. The molecule has 5 heteroatoms. The standard InChI is InChI=1S/C14H21N3O2/c1-14(6-8-19-9-7-14)17-13(18)16-12-4-2-11(10-15)3-5-12/h2-5H,6-10,15H2,1H3,(H2,16,17,18). The van der Waals surface area contributed by atoms with E-state index in [1.165, 1.54) is 0 Å². The summed E-state index contributed by atoms with van der Waals surface area (Å²) < 4.78 is 5.31. The zero-order valence-electron chi connectivity index (χ0n) is 11.2. The molecular weight excluding hydrogens is 242 g/mol. The van der Waals surface area contributed by atoms with E-state index in [4.69, 9.17) is 10.5 Å². The summed E-state index contributed by atoms with van der Waals surface area (Å²) >= 11 is 0. The monoisotopic (exact) mass is 263 g/mol. The third-order valence-corrected chi connectivity index (χ3v) is 3.46. The van der Waals surface area contributed by atoms with Crippen LogP contribution in [-0.4, -0.2) is 24.8 Å². The van der Waals surface area contributed by atoms with Gasteiger partial charge in [0.1, 0.15) is 0 Å². The second-order valence-electron chi connectivity index (χ2n) is 5.15. The van der Waals surface area contributed by atoms with Gasteiger partial charge in [0.05, 0.1) is 0 Å². The minimum Gasteiger partial charge on any atom is -0.381 e. The number of nitrogens with one attached hydrogen (secondary N) is 2. The summed E-state index contributed by atoms with van der Waals surface area (Å²) in [4.78, 5) is 12.0. The molecule has 5 nitrogen and oxygen atoms in total. The minimum absolute atomic E-state index is 0.176. The fourth-order valence-corrected chi connectivity index (χ4v) is 2.11. The van der Waals surface area contributed by atoms with Gasteiger partial charge in [-0.05, 0) is 37.5 Å². The molecule has 2 rings (SSSR count). The van der Waals surface area contributed by atoms with Gasteiger partial charge in [-0.25, -0.2) is 4.79 Å². The van der Waals surface area contributed by atoms with E-state index in [1.807, 2.05) is 31.2 Å². The molecule has 1 aliphatic heterocycles. The van der Waals surface area contributed by atoms with Gasteiger partial charge >= 0.3 is 6.03 Å². The summed E-state index contributed by atoms with van der Waals surface area (Å²) in [5.74, 6) is 0. The average Bonchev–Trinajstić information content (AvgIpc) is 2.39. The molecular formula is C14H21N3O2. The molecule has 4 N–H and O–H groups in total. The molecule has 1 fully saturated rings. The van der Waals surface area contributed by atoms with E-state index in [0.29, 0.717) is 19.8 Å². The van der Waals surface area contributed by atoms with Crippen LogP contribution in [0.3, 0.4) is 0 Å².